The van der Waals surface area contributed by atoms with E-state index in [1.54, 1.807) is 11.3 Å². The predicted octanol–water partition coefficient (Wildman–Crippen LogP) is 3.34. The SMILES string of the molecule is CCC(CN=C=S)c1cccs1. The molecule has 1 unspecified atom stereocenters. The molecule has 0 saturated heterocycles. The lowest BCUT2D eigenvalue weighted by molar-refractivity contribution is 0.690. The number of isothiocyanates is 1. The molecule has 1 rings (SSSR count). The average molecular weight is 197 g/mol. The molecule has 0 spiro atoms. The highest BCUT2D eigenvalue weighted by atomic mass is 32.1. The largest absolute Gasteiger partial charge is 0.232 e. The highest BCUT2D eigenvalue weighted by Gasteiger charge is 2.08. The maximum absolute atomic E-state index is 4.53. The van der Waals surface area contributed by atoms with Gasteiger partial charge in [0.25, 0.3) is 0 Å². The van der Waals surface area contributed by atoms with Crippen molar-refractivity contribution in [2.45, 2.75) is 19.3 Å². The Morgan fingerprint density at radius 3 is 3.08 bits per heavy atom. The van der Waals surface area contributed by atoms with Gasteiger partial charge < -0.3 is 0 Å². The van der Waals surface area contributed by atoms with Crippen LogP contribution in [0, 0.1) is 0 Å². The van der Waals surface area contributed by atoms with Crippen LogP contribution >= 0.6 is 23.6 Å². The second kappa shape index (κ2) is 5.20. The number of aliphatic imine (C=N–C) groups is 1. The number of nitrogens with zero attached hydrogens (tertiary/aromatic N) is 1. The number of thiocarbonyl (C=S) groups is 1. The third-order valence-electron chi connectivity index (χ3n) is 1.81. The summed E-state index contributed by atoms with van der Waals surface area (Å²) in [5.74, 6) is 0.528. The molecule has 1 heterocycles. The van der Waals surface area contributed by atoms with E-state index in [-0.39, 0.29) is 0 Å². The van der Waals surface area contributed by atoms with Crippen molar-refractivity contribution in [1.82, 2.24) is 0 Å². The molecule has 12 heavy (non-hydrogen) atoms. The van der Waals surface area contributed by atoms with Crippen LogP contribution in [0.2, 0.25) is 0 Å². The van der Waals surface area contributed by atoms with Gasteiger partial charge in [0.05, 0.1) is 11.7 Å². The fourth-order valence-corrected chi connectivity index (χ4v) is 2.07. The van der Waals surface area contributed by atoms with E-state index in [9.17, 15) is 0 Å². The van der Waals surface area contributed by atoms with Gasteiger partial charge >= 0.3 is 0 Å². The van der Waals surface area contributed by atoms with E-state index in [0.717, 1.165) is 13.0 Å². The summed E-state index contributed by atoms with van der Waals surface area (Å²) in [5, 5.41) is 4.50. The second-order valence-electron chi connectivity index (χ2n) is 2.55. The van der Waals surface area contributed by atoms with Crippen molar-refractivity contribution < 1.29 is 0 Å². The van der Waals surface area contributed by atoms with E-state index in [4.69, 9.17) is 0 Å². The Morgan fingerprint density at radius 2 is 2.58 bits per heavy atom. The second-order valence-corrected chi connectivity index (χ2v) is 3.71. The Labute approximate surface area is 82.2 Å². The minimum Gasteiger partial charge on any atom is -0.232 e. The van der Waals surface area contributed by atoms with Crippen LogP contribution in [0.1, 0.15) is 24.1 Å². The van der Waals surface area contributed by atoms with Crippen LogP contribution < -0.4 is 0 Å². The molecule has 0 bridgehead atoms. The molecular weight excluding hydrogens is 186 g/mol. The van der Waals surface area contributed by atoms with Gasteiger partial charge in [0.1, 0.15) is 0 Å². The number of hydrogen-bond donors (Lipinski definition) is 0. The predicted molar refractivity (Wildman–Crippen MR) is 57.2 cm³/mol. The first-order valence-electron chi connectivity index (χ1n) is 3.95. The zero-order chi connectivity index (χ0) is 8.81. The molecule has 0 saturated carbocycles. The summed E-state index contributed by atoms with van der Waals surface area (Å²) in [6.07, 6.45) is 1.11. The summed E-state index contributed by atoms with van der Waals surface area (Å²) < 4.78 is 0. The van der Waals surface area contributed by atoms with Crippen molar-refractivity contribution in [3.8, 4) is 0 Å². The van der Waals surface area contributed by atoms with Crippen molar-refractivity contribution >= 4 is 28.7 Å². The van der Waals surface area contributed by atoms with E-state index in [0.29, 0.717) is 5.92 Å². The molecular formula is C9H11NS2. The van der Waals surface area contributed by atoms with Crippen molar-refractivity contribution in [3.63, 3.8) is 0 Å². The average Bonchev–Trinajstić information content (AvgIpc) is 2.59. The van der Waals surface area contributed by atoms with Crippen LogP contribution in [0.4, 0.5) is 0 Å². The van der Waals surface area contributed by atoms with E-state index in [1.807, 2.05) is 0 Å². The quantitative estimate of drug-likeness (QED) is 0.532. The van der Waals surface area contributed by atoms with Gasteiger partial charge in [-0.2, -0.15) is 0 Å². The van der Waals surface area contributed by atoms with Gasteiger partial charge in [-0.3, -0.25) is 0 Å². The third-order valence-corrected chi connectivity index (χ3v) is 2.98. The first-order chi connectivity index (χ1) is 5.88. The first kappa shape index (κ1) is 9.59. The van der Waals surface area contributed by atoms with Crippen molar-refractivity contribution in [2.75, 3.05) is 6.54 Å². The third kappa shape index (κ3) is 2.52. The van der Waals surface area contributed by atoms with Gasteiger partial charge in [0, 0.05) is 10.8 Å². The minimum atomic E-state index is 0.528. The topological polar surface area (TPSA) is 12.4 Å². The highest BCUT2D eigenvalue weighted by molar-refractivity contribution is 7.78. The van der Waals surface area contributed by atoms with Crippen molar-refractivity contribution in [2.24, 2.45) is 4.99 Å². The van der Waals surface area contributed by atoms with Gasteiger partial charge in [0.15, 0.2) is 0 Å². The lowest BCUT2D eigenvalue weighted by atomic mass is 10.1. The molecule has 0 aromatic carbocycles. The molecule has 0 aliphatic rings. The molecule has 1 aromatic heterocycles. The number of thiophene rings is 1. The van der Waals surface area contributed by atoms with E-state index in [2.05, 4.69) is 46.8 Å². The maximum atomic E-state index is 4.53. The van der Waals surface area contributed by atoms with E-state index < -0.39 is 0 Å². The van der Waals surface area contributed by atoms with E-state index >= 15 is 0 Å². The number of hydrogen-bond acceptors (Lipinski definition) is 3. The molecule has 64 valence electrons. The molecule has 0 radical (unpaired) electrons. The van der Waals surface area contributed by atoms with Gasteiger partial charge in [-0.25, -0.2) is 4.99 Å². The van der Waals surface area contributed by atoms with Crippen LogP contribution in [-0.4, -0.2) is 11.7 Å². The van der Waals surface area contributed by atoms with Crippen molar-refractivity contribution in [1.29, 1.82) is 0 Å². The summed E-state index contributed by atoms with van der Waals surface area (Å²) >= 11 is 6.32. The normalized spacial score (nSPS) is 12.1. The van der Waals surface area contributed by atoms with Gasteiger partial charge in [-0.1, -0.05) is 13.0 Å². The molecule has 0 aliphatic carbocycles. The molecule has 3 heteroatoms. The Balaban J connectivity index is 2.63. The lowest BCUT2D eigenvalue weighted by Crippen LogP contribution is -1.98. The molecule has 1 nitrogen and oxygen atoms in total. The zero-order valence-electron chi connectivity index (χ0n) is 6.99. The summed E-state index contributed by atoms with van der Waals surface area (Å²) in [7, 11) is 0. The van der Waals surface area contributed by atoms with Gasteiger partial charge in [-0.05, 0) is 30.1 Å². The first-order valence-corrected chi connectivity index (χ1v) is 5.24. The summed E-state index contributed by atoms with van der Waals surface area (Å²) in [5.41, 5.74) is 0. The van der Waals surface area contributed by atoms with Crippen LogP contribution in [0.5, 0.6) is 0 Å². The molecule has 0 aliphatic heterocycles. The van der Waals surface area contributed by atoms with E-state index in [1.165, 1.54) is 4.88 Å². The molecule has 1 aromatic rings. The fraction of sp³-hybridized carbons (Fsp3) is 0.444. The van der Waals surface area contributed by atoms with Crippen LogP contribution in [-0.2, 0) is 0 Å². The molecule has 0 fully saturated rings. The molecule has 1 atom stereocenters. The Bertz CT molecular complexity index is 260. The lowest BCUT2D eigenvalue weighted by Gasteiger charge is -2.07. The minimum absolute atomic E-state index is 0.528. The van der Waals surface area contributed by atoms with Gasteiger partial charge in [-0.15, -0.1) is 11.3 Å². The Morgan fingerprint density at radius 1 is 1.75 bits per heavy atom. The van der Waals surface area contributed by atoms with Crippen molar-refractivity contribution in [3.05, 3.63) is 22.4 Å². The molecule has 0 N–H and O–H groups in total. The highest BCUT2D eigenvalue weighted by Crippen LogP contribution is 2.23. The Kier molecular flexibility index (Phi) is 4.15. The summed E-state index contributed by atoms with van der Waals surface area (Å²) in [6, 6.07) is 4.22. The summed E-state index contributed by atoms with van der Waals surface area (Å²) in [6.45, 7) is 2.95. The Hall–Kier alpha value is -0.500. The summed E-state index contributed by atoms with van der Waals surface area (Å²) in [4.78, 5) is 5.37. The standard InChI is InChI=1S/C9H11NS2/c1-2-8(6-10-7-11)9-4-3-5-12-9/h3-5,8H,2,6H2,1H3. The monoisotopic (exact) mass is 197 g/mol. The van der Waals surface area contributed by atoms with Gasteiger partial charge in [0.2, 0.25) is 0 Å². The number of rotatable bonds is 4. The van der Waals surface area contributed by atoms with Crippen LogP contribution in [0.3, 0.4) is 0 Å². The van der Waals surface area contributed by atoms with Crippen LogP contribution in [0.25, 0.3) is 0 Å². The van der Waals surface area contributed by atoms with Crippen LogP contribution in [0.15, 0.2) is 22.5 Å². The zero-order valence-corrected chi connectivity index (χ0v) is 8.62. The smallest absolute Gasteiger partial charge is 0.0585 e. The fourth-order valence-electron chi connectivity index (χ4n) is 1.09. The molecule has 0 amide bonds. The maximum Gasteiger partial charge on any atom is 0.0585 e.